The first-order chi connectivity index (χ1) is 8.49. The van der Waals surface area contributed by atoms with Gasteiger partial charge in [-0.15, -0.1) is 0 Å². The van der Waals surface area contributed by atoms with Gasteiger partial charge in [-0.05, 0) is 53.0 Å². The number of pyridine rings is 1. The number of hydrogen-bond acceptors (Lipinski definition) is 3. The van der Waals surface area contributed by atoms with E-state index in [1.807, 2.05) is 13.8 Å². The molecule has 0 spiro atoms. The number of aryl methyl sites for hydroxylation is 1. The molecule has 5 heteroatoms. The highest BCUT2D eigenvalue weighted by molar-refractivity contribution is 9.10. The van der Waals surface area contributed by atoms with Gasteiger partial charge in [0.2, 0.25) is 0 Å². The van der Waals surface area contributed by atoms with Crippen LogP contribution in [0.15, 0.2) is 28.9 Å². The molecule has 0 fully saturated rings. The fourth-order valence-corrected chi connectivity index (χ4v) is 1.97. The van der Waals surface area contributed by atoms with Crippen LogP contribution in [0.5, 0.6) is 0 Å². The van der Waals surface area contributed by atoms with Crippen LogP contribution in [0.4, 0.5) is 21.6 Å². The summed E-state index contributed by atoms with van der Waals surface area (Å²) in [6.45, 7) is 3.78. The Labute approximate surface area is 113 Å². The smallest absolute Gasteiger partial charge is 0.146 e. The fourth-order valence-electron chi connectivity index (χ4n) is 1.54. The third kappa shape index (κ3) is 2.46. The van der Waals surface area contributed by atoms with E-state index in [1.54, 1.807) is 18.3 Å². The molecule has 94 valence electrons. The molecule has 0 amide bonds. The second kappa shape index (κ2) is 4.94. The molecule has 0 radical (unpaired) electrons. The van der Waals surface area contributed by atoms with Crippen LogP contribution in [0.3, 0.4) is 0 Å². The molecule has 1 aromatic heterocycles. The maximum Gasteiger partial charge on any atom is 0.146 e. The van der Waals surface area contributed by atoms with E-state index in [-0.39, 0.29) is 5.82 Å². The summed E-state index contributed by atoms with van der Waals surface area (Å²) >= 11 is 3.40. The van der Waals surface area contributed by atoms with Crippen molar-refractivity contribution in [2.45, 2.75) is 13.8 Å². The summed E-state index contributed by atoms with van der Waals surface area (Å²) in [5, 5.41) is 2.96. The van der Waals surface area contributed by atoms with Gasteiger partial charge in [-0.3, -0.25) is 0 Å². The molecule has 18 heavy (non-hydrogen) atoms. The zero-order valence-electron chi connectivity index (χ0n) is 10.1. The number of nitrogens with two attached hydrogens (primary N) is 1. The van der Waals surface area contributed by atoms with Gasteiger partial charge >= 0.3 is 0 Å². The first kappa shape index (κ1) is 12.8. The number of anilines is 3. The van der Waals surface area contributed by atoms with Crippen LogP contribution in [-0.4, -0.2) is 4.98 Å². The molecular weight excluding hydrogens is 297 g/mol. The topological polar surface area (TPSA) is 50.9 Å². The Morgan fingerprint density at radius 1 is 1.33 bits per heavy atom. The van der Waals surface area contributed by atoms with Crippen molar-refractivity contribution in [3.05, 3.63) is 45.8 Å². The van der Waals surface area contributed by atoms with Gasteiger partial charge in [0.25, 0.3) is 0 Å². The van der Waals surface area contributed by atoms with Crippen LogP contribution in [0.2, 0.25) is 0 Å². The van der Waals surface area contributed by atoms with Gasteiger partial charge in [-0.1, -0.05) is 6.07 Å². The summed E-state index contributed by atoms with van der Waals surface area (Å²) in [4.78, 5) is 4.16. The second-order valence-corrected chi connectivity index (χ2v) is 4.90. The van der Waals surface area contributed by atoms with Crippen molar-refractivity contribution < 1.29 is 4.39 Å². The van der Waals surface area contributed by atoms with Gasteiger partial charge < -0.3 is 11.1 Å². The zero-order valence-corrected chi connectivity index (χ0v) is 11.7. The van der Waals surface area contributed by atoms with Crippen molar-refractivity contribution >= 4 is 33.1 Å². The number of rotatable bonds is 2. The Kier molecular flexibility index (Phi) is 3.52. The second-order valence-electron chi connectivity index (χ2n) is 4.11. The maximum atomic E-state index is 13.6. The highest BCUT2D eigenvalue weighted by Gasteiger charge is 2.10. The molecule has 1 heterocycles. The summed E-state index contributed by atoms with van der Waals surface area (Å²) < 4.78 is 14.4. The Morgan fingerprint density at radius 2 is 2.06 bits per heavy atom. The van der Waals surface area contributed by atoms with Crippen molar-refractivity contribution in [1.82, 2.24) is 4.98 Å². The highest BCUT2D eigenvalue weighted by atomic mass is 79.9. The van der Waals surface area contributed by atoms with Crippen LogP contribution < -0.4 is 11.1 Å². The largest absolute Gasteiger partial charge is 0.397 e. The summed E-state index contributed by atoms with van der Waals surface area (Å²) in [7, 11) is 0. The minimum absolute atomic E-state index is 0.316. The maximum absolute atomic E-state index is 13.6. The number of nitrogens with one attached hydrogen (secondary N) is 1. The molecule has 2 rings (SSSR count). The summed E-state index contributed by atoms with van der Waals surface area (Å²) in [5.41, 5.74) is 8.58. The summed E-state index contributed by atoms with van der Waals surface area (Å²) in [5.74, 6) is 0.231. The average Bonchev–Trinajstić information content (AvgIpc) is 2.34. The Hall–Kier alpha value is -1.62. The van der Waals surface area contributed by atoms with E-state index in [0.717, 1.165) is 15.6 Å². The van der Waals surface area contributed by atoms with Crippen LogP contribution in [0, 0.1) is 19.7 Å². The molecule has 0 aliphatic carbocycles. The molecule has 0 bridgehead atoms. The van der Waals surface area contributed by atoms with Gasteiger partial charge in [0.15, 0.2) is 0 Å². The zero-order chi connectivity index (χ0) is 13.3. The number of benzene rings is 1. The molecule has 0 aliphatic rings. The quantitative estimate of drug-likeness (QED) is 0.884. The van der Waals surface area contributed by atoms with Crippen molar-refractivity contribution in [2.75, 3.05) is 11.1 Å². The van der Waals surface area contributed by atoms with Gasteiger partial charge in [0.1, 0.15) is 11.6 Å². The Balaban J connectivity index is 2.40. The van der Waals surface area contributed by atoms with E-state index in [4.69, 9.17) is 5.73 Å². The van der Waals surface area contributed by atoms with E-state index in [1.165, 1.54) is 6.07 Å². The number of hydrogen-bond donors (Lipinski definition) is 2. The minimum Gasteiger partial charge on any atom is -0.397 e. The number of nitrogens with zero attached hydrogens (tertiary/aromatic N) is 1. The Morgan fingerprint density at radius 3 is 2.78 bits per heavy atom. The van der Waals surface area contributed by atoms with Crippen LogP contribution in [-0.2, 0) is 0 Å². The summed E-state index contributed by atoms with van der Waals surface area (Å²) in [6.07, 6.45) is 1.55. The van der Waals surface area contributed by atoms with Crippen LogP contribution >= 0.6 is 15.9 Å². The predicted molar refractivity (Wildman–Crippen MR) is 75.5 cm³/mol. The number of nitrogen functional groups attached to an aromatic ring is 1. The lowest BCUT2D eigenvalue weighted by Gasteiger charge is -2.12. The SMILES string of the molecule is Cc1ccc(F)c(Nc2ncc(N)c(C)c2Br)c1. The monoisotopic (exact) mass is 309 g/mol. The molecule has 3 N–H and O–H groups in total. The number of aromatic nitrogens is 1. The predicted octanol–water partition coefficient (Wildman–Crippen LogP) is 3.93. The molecular formula is C13H13BrFN3. The van der Waals surface area contributed by atoms with E-state index in [9.17, 15) is 4.39 Å². The van der Waals surface area contributed by atoms with Gasteiger partial charge in [0.05, 0.1) is 22.0 Å². The Bertz CT molecular complexity index is 599. The molecule has 0 saturated heterocycles. The number of halogens is 2. The highest BCUT2D eigenvalue weighted by Crippen LogP contribution is 2.30. The van der Waals surface area contributed by atoms with Gasteiger partial charge in [-0.2, -0.15) is 0 Å². The van der Waals surface area contributed by atoms with Crippen molar-refractivity contribution in [2.24, 2.45) is 0 Å². The molecule has 0 saturated carbocycles. The molecule has 2 aromatic rings. The van der Waals surface area contributed by atoms with Crippen molar-refractivity contribution in [3.8, 4) is 0 Å². The van der Waals surface area contributed by atoms with Crippen molar-refractivity contribution in [3.63, 3.8) is 0 Å². The molecule has 3 nitrogen and oxygen atoms in total. The molecule has 0 atom stereocenters. The van der Waals surface area contributed by atoms with Gasteiger partial charge in [0, 0.05) is 0 Å². The van der Waals surface area contributed by atoms with E-state index < -0.39 is 0 Å². The molecule has 0 unspecified atom stereocenters. The lowest BCUT2D eigenvalue weighted by Crippen LogP contribution is -2.01. The minimum atomic E-state index is -0.316. The van der Waals surface area contributed by atoms with Gasteiger partial charge in [-0.25, -0.2) is 9.37 Å². The lowest BCUT2D eigenvalue weighted by atomic mass is 10.2. The van der Waals surface area contributed by atoms with Crippen molar-refractivity contribution in [1.29, 1.82) is 0 Å². The van der Waals surface area contributed by atoms with E-state index in [2.05, 4.69) is 26.2 Å². The van der Waals surface area contributed by atoms with Crippen LogP contribution in [0.25, 0.3) is 0 Å². The molecule has 1 aromatic carbocycles. The third-order valence-corrected chi connectivity index (χ3v) is 3.65. The standard InChI is InChI=1S/C13H13BrFN3/c1-7-3-4-9(15)11(5-7)18-13-12(14)8(2)10(16)6-17-13/h3-6H,16H2,1-2H3,(H,17,18). The van der Waals surface area contributed by atoms with Crippen LogP contribution in [0.1, 0.15) is 11.1 Å². The lowest BCUT2D eigenvalue weighted by molar-refractivity contribution is 0.631. The average molecular weight is 310 g/mol. The van der Waals surface area contributed by atoms with E-state index in [0.29, 0.717) is 17.2 Å². The normalized spacial score (nSPS) is 10.4. The fraction of sp³-hybridized carbons (Fsp3) is 0.154. The molecule has 0 aliphatic heterocycles. The first-order valence-electron chi connectivity index (χ1n) is 5.43. The first-order valence-corrected chi connectivity index (χ1v) is 6.22. The van der Waals surface area contributed by atoms with E-state index >= 15 is 0 Å². The summed E-state index contributed by atoms with van der Waals surface area (Å²) in [6, 6.07) is 4.88. The third-order valence-electron chi connectivity index (χ3n) is 2.68.